The van der Waals surface area contributed by atoms with Gasteiger partial charge in [-0.05, 0) is 55.8 Å². The van der Waals surface area contributed by atoms with Crippen molar-refractivity contribution in [2.45, 2.75) is 30.8 Å². The Morgan fingerprint density at radius 2 is 1.73 bits per heavy atom. The first-order valence-corrected chi connectivity index (χ1v) is 11.1. The van der Waals surface area contributed by atoms with E-state index in [-0.39, 0.29) is 29.5 Å². The van der Waals surface area contributed by atoms with Crippen molar-refractivity contribution in [2.75, 3.05) is 26.9 Å². The van der Waals surface area contributed by atoms with Crippen LogP contribution in [0.25, 0.3) is 0 Å². The van der Waals surface area contributed by atoms with Gasteiger partial charge in [0.1, 0.15) is 13.2 Å². The van der Waals surface area contributed by atoms with E-state index in [9.17, 15) is 13.2 Å². The van der Waals surface area contributed by atoms with Crippen LogP contribution in [-0.2, 0) is 14.8 Å². The van der Waals surface area contributed by atoms with E-state index < -0.39 is 10.0 Å². The molecule has 0 bridgehead atoms. The van der Waals surface area contributed by atoms with E-state index in [1.807, 2.05) is 25.1 Å². The normalized spacial score (nSPS) is 15.3. The number of carbonyl (C=O) groups excluding carboxylic acids is 1. The fourth-order valence-electron chi connectivity index (χ4n) is 3.09. The summed E-state index contributed by atoms with van der Waals surface area (Å²) >= 11 is 0. The van der Waals surface area contributed by atoms with Crippen LogP contribution in [0.4, 0.5) is 0 Å². The summed E-state index contributed by atoms with van der Waals surface area (Å²) in [6.07, 6.45) is 0. The maximum absolute atomic E-state index is 12.6. The SMILES string of the molecule is COCC(C)NS(=O)(=O)c1ccc(C(=O)NC(C)c2ccc3c(c2)OCCO3)cc1. The van der Waals surface area contributed by atoms with Crippen molar-refractivity contribution in [3.63, 3.8) is 0 Å². The van der Waals surface area contributed by atoms with Gasteiger partial charge in [-0.1, -0.05) is 6.07 Å². The summed E-state index contributed by atoms with van der Waals surface area (Å²) < 4.78 is 43.3. The molecular weight excluding hydrogens is 408 g/mol. The average molecular weight is 435 g/mol. The Morgan fingerprint density at radius 3 is 2.40 bits per heavy atom. The Labute approximate surface area is 176 Å². The van der Waals surface area contributed by atoms with Crippen molar-refractivity contribution < 1.29 is 27.4 Å². The molecule has 2 aromatic rings. The zero-order valence-corrected chi connectivity index (χ0v) is 18.0. The molecule has 0 fully saturated rings. The van der Waals surface area contributed by atoms with Gasteiger partial charge >= 0.3 is 0 Å². The lowest BCUT2D eigenvalue weighted by molar-refractivity contribution is 0.0939. The number of amides is 1. The number of nitrogens with one attached hydrogen (secondary N) is 2. The second kappa shape index (κ2) is 9.46. The molecule has 0 radical (unpaired) electrons. The monoisotopic (exact) mass is 434 g/mol. The van der Waals surface area contributed by atoms with Gasteiger partial charge in [-0.2, -0.15) is 0 Å². The number of fused-ring (bicyclic) bond motifs is 1. The predicted molar refractivity (Wildman–Crippen MR) is 111 cm³/mol. The van der Waals surface area contributed by atoms with Crippen LogP contribution in [0.3, 0.4) is 0 Å². The third kappa shape index (κ3) is 5.29. The second-order valence-corrected chi connectivity index (χ2v) is 8.81. The first-order chi connectivity index (χ1) is 14.3. The van der Waals surface area contributed by atoms with Crippen LogP contribution in [0.5, 0.6) is 11.5 Å². The lowest BCUT2D eigenvalue weighted by Gasteiger charge is -2.21. The lowest BCUT2D eigenvalue weighted by Crippen LogP contribution is -2.35. The number of hydrogen-bond donors (Lipinski definition) is 2. The highest BCUT2D eigenvalue weighted by Gasteiger charge is 2.19. The van der Waals surface area contributed by atoms with E-state index in [4.69, 9.17) is 14.2 Å². The van der Waals surface area contributed by atoms with Crippen LogP contribution in [-0.4, -0.2) is 47.3 Å². The highest BCUT2D eigenvalue weighted by Crippen LogP contribution is 2.32. The molecule has 0 aliphatic carbocycles. The number of benzene rings is 2. The van der Waals surface area contributed by atoms with E-state index in [1.165, 1.54) is 31.4 Å². The maximum atomic E-state index is 12.6. The van der Waals surface area contributed by atoms with Crippen LogP contribution in [0, 0.1) is 0 Å². The number of ether oxygens (including phenoxy) is 3. The molecule has 0 saturated heterocycles. The van der Waals surface area contributed by atoms with Gasteiger partial charge < -0.3 is 19.5 Å². The largest absolute Gasteiger partial charge is 0.486 e. The summed E-state index contributed by atoms with van der Waals surface area (Å²) in [5.74, 6) is 1.04. The number of rotatable bonds is 8. The second-order valence-electron chi connectivity index (χ2n) is 7.10. The average Bonchev–Trinajstić information content (AvgIpc) is 2.73. The van der Waals surface area contributed by atoms with Gasteiger partial charge in [0.15, 0.2) is 11.5 Å². The zero-order valence-electron chi connectivity index (χ0n) is 17.2. The number of hydrogen-bond acceptors (Lipinski definition) is 6. The van der Waals surface area contributed by atoms with Crippen molar-refractivity contribution in [3.8, 4) is 11.5 Å². The number of methoxy groups -OCH3 is 1. The smallest absolute Gasteiger partial charge is 0.251 e. The fourth-order valence-corrected chi connectivity index (χ4v) is 4.32. The minimum Gasteiger partial charge on any atom is -0.486 e. The van der Waals surface area contributed by atoms with Gasteiger partial charge in [0, 0.05) is 18.7 Å². The predicted octanol–water partition coefficient (Wildman–Crippen LogP) is 2.26. The molecule has 30 heavy (non-hydrogen) atoms. The molecule has 2 atom stereocenters. The molecule has 162 valence electrons. The highest BCUT2D eigenvalue weighted by atomic mass is 32.2. The van der Waals surface area contributed by atoms with E-state index in [0.717, 1.165) is 5.56 Å². The summed E-state index contributed by atoms with van der Waals surface area (Å²) in [6.45, 7) is 4.85. The standard InChI is InChI=1S/C21H26N2O6S/c1-14(13-27-3)23-30(25,26)18-7-4-16(5-8-18)21(24)22-15(2)17-6-9-19-20(12-17)29-11-10-28-19/h4-9,12,14-15,23H,10-11,13H2,1-3H3,(H,22,24). The van der Waals surface area contributed by atoms with Crippen molar-refractivity contribution in [3.05, 3.63) is 53.6 Å². The molecule has 0 spiro atoms. The van der Waals surface area contributed by atoms with Crippen molar-refractivity contribution in [2.24, 2.45) is 0 Å². The van der Waals surface area contributed by atoms with Crippen LogP contribution in [0.2, 0.25) is 0 Å². The molecule has 8 nitrogen and oxygen atoms in total. The first-order valence-electron chi connectivity index (χ1n) is 9.62. The first kappa shape index (κ1) is 22.1. The quantitative estimate of drug-likeness (QED) is 0.661. The molecule has 0 aromatic heterocycles. The Kier molecular flexibility index (Phi) is 6.96. The van der Waals surface area contributed by atoms with E-state index in [2.05, 4.69) is 10.0 Å². The van der Waals surface area contributed by atoms with Gasteiger partial charge in [0.25, 0.3) is 5.91 Å². The van der Waals surface area contributed by atoms with E-state index >= 15 is 0 Å². The topological polar surface area (TPSA) is 103 Å². The summed E-state index contributed by atoms with van der Waals surface area (Å²) in [4.78, 5) is 12.7. The molecule has 2 aromatic carbocycles. The van der Waals surface area contributed by atoms with Gasteiger partial charge in [-0.25, -0.2) is 13.1 Å². The highest BCUT2D eigenvalue weighted by molar-refractivity contribution is 7.89. The molecule has 1 aliphatic heterocycles. The molecule has 3 rings (SSSR count). The van der Waals surface area contributed by atoms with Gasteiger partial charge in [-0.15, -0.1) is 0 Å². The lowest BCUT2D eigenvalue weighted by atomic mass is 10.1. The summed E-state index contributed by atoms with van der Waals surface area (Å²) in [5, 5.41) is 2.91. The molecule has 2 N–H and O–H groups in total. The van der Waals surface area contributed by atoms with Crippen molar-refractivity contribution >= 4 is 15.9 Å². The zero-order chi connectivity index (χ0) is 21.7. The summed E-state index contributed by atoms with van der Waals surface area (Å²) in [6, 6.07) is 10.7. The molecule has 1 heterocycles. The van der Waals surface area contributed by atoms with Crippen LogP contribution in [0.15, 0.2) is 47.4 Å². The van der Waals surface area contributed by atoms with Gasteiger partial charge in [-0.3, -0.25) is 4.79 Å². The van der Waals surface area contributed by atoms with E-state index in [0.29, 0.717) is 30.3 Å². The third-order valence-electron chi connectivity index (χ3n) is 4.61. The Bertz CT molecular complexity index is 991. The number of sulfonamides is 1. The minimum atomic E-state index is -3.69. The van der Waals surface area contributed by atoms with Crippen molar-refractivity contribution in [1.29, 1.82) is 0 Å². The van der Waals surface area contributed by atoms with Gasteiger partial charge in [0.2, 0.25) is 10.0 Å². The molecular formula is C21H26N2O6S. The van der Waals surface area contributed by atoms with Crippen LogP contribution in [0.1, 0.15) is 35.8 Å². The Balaban J connectivity index is 1.66. The van der Waals surface area contributed by atoms with E-state index in [1.54, 1.807) is 6.92 Å². The van der Waals surface area contributed by atoms with Crippen LogP contribution < -0.4 is 19.5 Å². The third-order valence-corrected chi connectivity index (χ3v) is 6.22. The molecule has 0 saturated carbocycles. The van der Waals surface area contributed by atoms with Crippen molar-refractivity contribution in [1.82, 2.24) is 10.0 Å². The number of carbonyl (C=O) groups is 1. The Hall–Kier alpha value is -2.62. The van der Waals surface area contributed by atoms with Gasteiger partial charge in [0.05, 0.1) is 17.5 Å². The molecule has 1 aliphatic rings. The fraction of sp³-hybridized carbons (Fsp3) is 0.381. The van der Waals surface area contributed by atoms with Crippen LogP contribution >= 0.6 is 0 Å². The molecule has 9 heteroatoms. The minimum absolute atomic E-state index is 0.0851. The molecule has 1 amide bonds. The molecule has 2 unspecified atom stereocenters. The summed E-state index contributed by atoms with van der Waals surface area (Å²) in [7, 11) is -2.18. The maximum Gasteiger partial charge on any atom is 0.251 e. The Morgan fingerprint density at radius 1 is 1.07 bits per heavy atom. The summed E-state index contributed by atoms with van der Waals surface area (Å²) in [5.41, 5.74) is 1.24.